The molecule has 1 heterocycles. The van der Waals surface area contributed by atoms with E-state index in [1.807, 2.05) is 11.3 Å². The van der Waals surface area contributed by atoms with Crippen LogP contribution in [-0.4, -0.2) is 0 Å². The molecule has 45 heavy (non-hydrogen) atoms. The maximum atomic E-state index is 2.42. The van der Waals surface area contributed by atoms with Crippen molar-refractivity contribution in [3.8, 4) is 22.3 Å². The Morgan fingerprint density at radius 2 is 1.22 bits per heavy atom. The van der Waals surface area contributed by atoms with E-state index in [1.165, 1.54) is 70.0 Å². The second kappa shape index (κ2) is 9.92. The molecule has 214 valence electrons. The molecule has 2 heteroatoms. The number of hydrogen-bond acceptors (Lipinski definition) is 2. The van der Waals surface area contributed by atoms with Crippen molar-refractivity contribution in [2.45, 2.75) is 19.3 Å². The average molecular weight is 594 g/mol. The highest BCUT2D eigenvalue weighted by Gasteiger charge is 2.37. The summed E-state index contributed by atoms with van der Waals surface area (Å²) >= 11 is 1.88. The fourth-order valence-corrected chi connectivity index (χ4v) is 8.58. The summed E-state index contributed by atoms with van der Waals surface area (Å²) in [5.41, 5.74) is 11.3. The first-order chi connectivity index (χ1) is 22.1. The summed E-state index contributed by atoms with van der Waals surface area (Å²) in [5.74, 6) is 0. The molecule has 9 rings (SSSR count). The van der Waals surface area contributed by atoms with Gasteiger partial charge in [-0.25, -0.2) is 0 Å². The van der Waals surface area contributed by atoms with Gasteiger partial charge in [-0.1, -0.05) is 117 Å². The summed E-state index contributed by atoms with van der Waals surface area (Å²) in [6, 6.07) is 55.8. The normalized spacial score (nSPS) is 13.3. The zero-order valence-electron chi connectivity index (χ0n) is 25.3. The molecular weight excluding hydrogens is 563 g/mol. The molecule has 0 aliphatic heterocycles. The molecule has 1 aromatic heterocycles. The molecular formula is C43H31NS. The third-order valence-corrected chi connectivity index (χ3v) is 10.8. The molecule has 0 saturated heterocycles. The zero-order valence-corrected chi connectivity index (χ0v) is 26.1. The summed E-state index contributed by atoms with van der Waals surface area (Å²) in [5, 5.41) is 5.31. The smallest absolute Gasteiger partial charge is 0.0543 e. The van der Waals surface area contributed by atoms with Gasteiger partial charge in [-0.2, -0.15) is 0 Å². The minimum Gasteiger partial charge on any atom is -0.310 e. The van der Waals surface area contributed by atoms with Gasteiger partial charge < -0.3 is 4.90 Å². The van der Waals surface area contributed by atoms with Crippen LogP contribution in [0, 0.1) is 0 Å². The average Bonchev–Trinajstić information content (AvgIpc) is 3.58. The summed E-state index contributed by atoms with van der Waals surface area (Å²) in [6.45, 7) is 4.69. The first kappa shape index (κ1) is 26.2. The molecule has 0 spiro atoms. The van der Waals surface area contributed by atoms with Gasteiger partial charge in [0.05, 0.1) is 5.69 Å². The van der Waals surface area contributed by atoms with E-state index in [0.29, 0.717) is 0 Å². The highest BCUT2D eigenvalue weighted by Crippen LogP contribution is 2.54. The van der Waals surface area contributed by atoms with Crippen LogP contribution in [0.1, 0.15) is 25.0 Å². The fourth-order valence-electron chi connectivity index (χ4n) is 7.46. The number of rotatable bonds is 4. The van der Waals surface area contributed by atoms with Crippen molar-refractivity contribution in [2.75, 3.05) is 4.90 Å². The van der Waals surface area contributed by atoms with Crippen molar-refractivity contribution in [3.05, 3.63) is 163 Å². The van der Waals surface area contributed by atoms with Crippen molar-refractivity contribution in [1.82, 2.24) is 0 Å². The van der Waals surface area contributed by atoms with Gasteiger partial charge in [-0.05, 0) is 87.1 Å². The lowest BCUT2D eigenvalue weighted by Gasteiger charge is -2.29. The maximum absolute atomic E-state index is 2.42. The molecule has 0 radical (unpaired) electrons. The minimum absolute atomic E-state index is 0.0505. The van der Waals surface area contributed by atoms with Crippen LogP contribution in [0.4, 0.5) is 17.1 Å². The molecule has 0 amide bonds. The number of benzene rings is 7. The predicted molar refractivity (Wildman–Crippen MR) is 195 cm³/mol. The van der Waals surface area contributed by atoms with E-state index in [-0.39, 0.29) is 5.41 Å². The number of thiophene rings is 1. The van der Waals surface area contributed by atoms with Gasteiger partial charge in [0.2, 0.25) is 0 Å². The largest absolute Gasteiger partial charge is 0.310 e. The second-order valence-corrected chi connectivity index (χ2v) is 13.6. The SMILES string of the molecule is CC1(C)c2ccccc2-c2c(N(c3ccccc3)c3ccc(-c4ccc5c(ccc6sc7ccccc7c65)c4)cc3)cccc21. The predicted octanol–water partition coefficient (Wildman–Crippen LogP) is 12.7. The van der Waals surface area contributed by atoms with Crippen LogP contribution >= 0.6 is 11.3 Å². The van der Waals surface area contributed by atoms with E-state index >= 15 is 0 Å². The Morgan fingerprint density at radius 3 is 2.09 bits per heavy atom. The minimum atomic E-state index is -0.0505. The maximum Gasteiger partial charge on any atom is 0.0543 e. The van der Waals surface area contributed by atoms with Crippen molar-refractivity contribution in [3.63, 3.8) is 0 Å². The third kappa shape index (κ3) is 3.99. The Balaban J connectivity index is 1.16. The molecule has 0 bridgehead atoms. The fraction of sp³-hybridized carbons (Fsp3) is 0.0698. The quantitative estimate of drug-likeness (QED) is 0.196. The summed E-state index contributed by atoms with van der Waals surface area (Å²) in [4.78, 5) is 2.42. The lowest BCUT2D eigenvalue weighted by Crippen LogP contribution is -2.16. The monoisotopic (exact) mass is 593 g/mol. The van der Waals surface area contributed by atoms with Crippen molar-refractivity contribution in [1.29, 1.82) is 0 Å². The Morgan fingerprint density at radius 1 is 0.511 bits per heavy atom. The Kier molecular flexibility index (Phi) is 5.78. The zero-order chi connectivity index (χ0) is 30.1. The lowest BCUT2D eigenvalue weighted by molar-refractivity contribution is 0.660. The van der Waals surface area contributed by atoms with Gasteiger partial charge in [-0.3, -0.25) is 0 Å². The Hall–Kier alpha value is -5.18. The first-order valence-corrected chi connectivity index (χ1v) is 16.4. The van der Waals surface area contributed by atoms with Gasteiger partial charge in [0.1, 0.15) is 0 Å². The van der Waals surface area contributed by atoms with Crippen LogP contribution < -0.4 is 4.90 Å². The lowest BCUT2D eigenvalue weighted by atomic mass is 9.82. The van der Waals surface area contributed by atoms with Crippen LogP contribution in [0.3, 0.4) is 0 Å². The van der Waals surface area contributed by atoms with E-state index in [1.54, 1.807) is 0 Å². The van der Waals surface area contributed by atoms with Gasteiger partial charge >= 0.3 is 0 Å². The molecule has 0 atom stereocenters. The van der Waals surface area contributed by atoms with Crippen LogP contribution in [0.25, 0.3) is 53.2 Å². The molecule has 0 unspecified atom stereocenters. The van der Waals surface area contributed by atoms with Crippen LogP contribution in [0.15, 0.2) is 152 Å². The highest BCUT2D eigenvalue weighted by molar-refractivity contribution is 7.26. The van der Waals surface area contributed by atoms with E-state index < -0.39 is 0 Å². The van der Waals surface area contributed by atoms with Gasteiger partial charge in [-0.15, -0.1) is 11.3 Å². The molecule has 1 aliphatic carbocycles. The van der Waals surface area contributed by atoms with Crippen LogP contribution in [0.2, 0.25) is 0 Å². The van der Waals surface area contributed by atoms with E-state index in [4.69, 9.17) is 0 Å². The van der Waals surface area contributed by atoms with Crippen molar-refractivity contribution in [2.24, 2.45) is 0 Å². The number of para-hydroxylation sites is 1. The van der Waals surface area contributed by atoms with Gasteiger partial charge in [0.15, 0.2) is 0 Å². The van der Waals surface area contributed by atoms with Crippen LogP contribution in [-0.2, 0) is 5.41 Å². The second-order valence-electron chi connectivity index (χ2n) is 12.6. The molecule has 8 aromatic rings. The Labute approximate surface area is 267 Å². The summed E-state index contributed by atoms with van der Waals surface area (Å²) < 4.78 is 2.69. The highest BCUT2D eigenvalue weighted by atomic mass is 32.1. The number of fused-ring (bicyclic) bond motifs is 8. The number of nitrogens with zero attached hydrogens (tertiary/aromatic N) is 1. The van der Waals surface area contributed by atoms with Gasteiger partial charge in [0.25, 0.3) is 0 Å². The molecule has 7 aromatic carbocycles. The topological polar surface area (TPSA) is 3.24 Å². The van der Waals surface area contributed by atoms with Gasteiger partial charge in [0, 0.05) is 42.5 Å². The van der Waals surface area contributed by atoms with E-state index in [9.17, 15) is 0 Å². The molecule has 0 N–H and O–H groups in total. The molecule has 1 aliphatic rings. The number of anilines is 3. The Bertz CT molecular complexity index is 2400. The number of hydrogen-bond donors (Lipinski definition) is 0. The van der Waals surface area contributed by atoms with E-state index in [2.05, 4.69) is 170 Å². The molecule has 1 nitrogen and oxygen atoms in total. The summed E-state index contributed by atoms with van der Waals surface area (Å²) in [6.07, 6.45) is 0. The third-order valence-electron chi connectivity index (χ3n) is 9.66. The van der Waals surface area contributed by atoms with Crippen LogP contribution in [0.5, 0.6) is 0 Å². The van der Waals surface area contributed by atoms with Crippen molar-refractivity contribution < 1.29 is 0 Å². The standard InChI is InChI=1S/C43H31NS/c1-43(2)36-15-8-6-13-34(36)42-37(43)16-10-17-38(42)44(31-11-4-3-5-12-31)32-23-19-28(20-24-32)29-21-25-33-30(27-29)22-26-40-41(33)35-14-7-9-18-39(35)45-40/h3-27H,1-2H3. The van der Waals surface area contributed by atoms with Crippen molar-refractivity contribution >= 4 is 59.3 Å². The molecule has 0 saturated carbocycles. The molecule has 0 fully saturated rings. The first-order valence-electron chi connectivity index (χ1n) is 15.6. The van der Waals surface area contributed by atoms with E-state index in [0.717, 1.165) is 11.4 Å². The summed E-state index contributed by atoms with van der Waals surface area (Å²) in [7, 11) is 0.